The van der Waals surface area contributed by atoms with Crippen LogP contribution in [-0.4, -0.2) is 30.8 Å². The highest BCUT2D eigenvalue weighted by Crippen LogP contribution is 2.29. The van der Waals surface area contributed by atoms with Crippen molar-refractivity contribution in [2.75, 3.05) is 14.1 Å². The monoisotopic (exact) mass is 254 g/mol. The van der Waals surface area contributed by atoms with E-state index in [0.29, 0.717) is 17.7 Å². The van der Waals surface area contributed by atoms with Crippen molar-refractivity contribution in [1.82, 2.24) is 10.2 Å². The van der Waals surface area contributed by atoms with E-state index in [1.807, 2.05) is 43.3 Å². The second-order valence-electron chi connectivity index (χ2n) is 5.02. The van der Waals surface area contributed by atoms with Crippen molar-refractivity contribution in [3.05, 3.63) is 47.0 Å². The predicted molar refractivity (Wildman–Crippen MR) is 73.1 cm³/mol. The second-order valence-corrected chi connectivity index (χ2v) is 5.02. The molecule has 0 fully saturated rings. The van der Waals surface area contributed by atoms with Crippen LogP contribution in [0.15, 0.2) is 30.3 Å². The highest BCUT2D eigenvalue weighted by atomic mass is 16.2. The highest BCUT2D eigenvalue weighted by Gasteiger charge is 2.30. The zero-order chi connectivity index (χ0) is 13.6. The Morgan fingerprint density at radius 1 is 1.11 bits per heavy atom. The van der Waals surface area contributed by atoms with Gasteiger partial charge in [0.25, 0.3) is 11.8 Å². The Hall–Kier alpha value is -2.20. The first kappa shape index (κ1) is 11.9. The van der Waals surface area contributed by atoms with Crippen molar-refractivity contribution >= 4 is 22.6 Å². The maximum absolute atomic E-state index is 12.0. The predicted octanol–water partition coefficient (Wildman–Crippen LogP) is 1.78. The Kier molecular flexibility index (Phi) is 2.61. The van der Waals surface area contributed by atoms with Gasteiger partial charge in [-0.1, -0.05) is 24.3 Å². The largest absolute Gasteiger partial charge is 0.305 e. The van der Waals surface area contributed by atoms with E-state index >= 15 is 0 Å². The molecule has 2 aromatic rings. The summed E-state index contributed by atoms with van der Waals surface area (Å²) in [7, 11) is 3.89. The number of fused-ring (bicyclic) bond motifs is 2. The number of carbonyl (C=O) groups excluding carboxylic acids is 2. The molecule has 0 bridgehead atoms. The number of imide groups is 1. The zero-order valence-electron chi connectivity index (χ0n) is 10.9. The summed E-state index contributed by atoms with van der Waals surface area (Å²) in [6.07, 6.45) is 0. The number of amides is 2. The minimum Gasteiger partial charge on any atom is -0.305 e. The van der Waals surface area contributed by atoms with E-state index in [1.165, 1.54) is 0 Å². The minimum atomic E-state index is -0.300. The Morgan fingerprint density at radius 2 is 1.84 bits per heavy atom. The molecule has 0 radical (unpaired) electrons. The topological polar surface area (TPSA) is 49.4 Å². The van der Waals surface area contributed by atoms with Crippen LogP contribution in [0.5, 0.6) is 0 Å². The van der Waals surface area contributed by atoms with Crippen molar-refractivity contribution in [3.63, 3.8) is 0 Å². The fraction of sp³-hybridized carbons (Fsp3) is 0.200. The van der Waals surface area contributed by atoms with E-state index in [2.05, 4.69) is 5.32 Å². The fourth-order valence-electron chi connectivity index (χ4n) is 2.57. The fourth-order valence-corrected chi connectivity index (χ4v) is 2.57. The molecule has 3 rings (SSSR count). The van der Waals surface area contributed by atoms with Crippen LogP contribution in [0.25, 0.3) is 10.8 Å². The summed E-state index contributed by atoms with van der Waals surface area (Å²) < 4.78 is 0. The summed E-state index contributed by atoms with van der Waals surface area (Å²) in [4.78, 5) is 25.8. The molecule has 2 amide bonds. The Balaban J connectivity index is 2.38. The lowest BCUT2D eigenvalue weighted by Crippen LogP contribution is -2.21. The van der Waals surface area contributed by atoms with E-state index in [1.54, 1.807) is 6.07 Å². The third-order valence-corrected chi connectivity index (χ3v) is 3.33. The minimum absolute atomic E-state index is 0.289. The number of hydrogen-bond acceptors (Lipinski definition) is 3. The smallest absolute Gasteiger partial charge is 0.259 e. The molecule has 0 atom stereocenters. The van der Waals surface area contributed by atoms with Crippen molar-refractivity contribution in [1.29, 1.82) is 0 Å². The molecule has 0 unspecified atom stereocenters. The molecular weight excluding hydrogens is 240 g/mol. The lowest BCUT2D eigenvalue weighted by molar-refractivity contribution is 0.0879. The van der Waals surface area contributed by atoms with Crippen LogP contribution in [0, 0.1) is 0 Å². The number of nitrogens with one attached hydrogen (secondary N) is 1. The molecule has 1 heterocycles. The number of nitrogens with zero attached hydrogens (tertiary/aromatic N) is 1. The first-order valence-corrected chi connectivity index (χ1v) is 6.13. The quantitative estimate of drug-likeness (QED) is 0.831. The molecule has 4 nitrogen and oxygen atoms in total. The molecule has 1 N–H and O–H groups in total. The van der Waals surface area contributed by atoms with Gasteiger partial charge < -0.3 is 4.90 Å². The molecule has 0 saturated carbocycles. The molecule has 0 aliphatic carbocycles. The summed E-state index contributed by atoms with van der Waals surface area (Å²) in [5.74, 6) is -0.589. The summed E-state index contributed by atoms with van der Waals surface area (Å²) in [5, 5.41) is 4.39. The summed E-state index contributed by atoms with van der Waals surface area (Å²) >= 11 is 0. The maximum atomic E-state index is 12.0. The number of hydrogen-bond donors (Lipinski definition) is 1. The highest BCUT2D eigenvalue weighted by molar-refractivity contribution is 6.24. The van der Waals surface area contributed by atoms with Crippen molar-refractivity contribution in [3.8, 4) is 0 Å². The molecule has 1 aliphatic heterocycles. The molecule has 19 heavy (non-hydrogen) atoms. The third kappa shape index (κ3) is 1.81. The van der Waals surface area contributed by atoms with Gasteiger partial charge in [-0.05, 0) is 36.5 Å². The molecule has 4 heteroatoms. The Bertz CT molecular complexity index is 705. The summed E-state index contributed by atoms with van der Waals surface area (Å²) in [5.41, 5.74) is 1.93. The van der Waals surface area contributed by atoms with Crippen molar-refractivity contribution in [2.24, 2.45) is 0 Å². The van der Waals surface area contributed by atoms with Gasteiger partial charge in [-0.25, -0.2) is 0 Å². The number of benzene rings is 2. The van der Waals surface area contributed by atoms with Gasteiger partial charge in [0.15, 0.2) is 0 Å². The average Bonchev–Trinajstić information content (AvgIpc) is 2.64. The van der Waals surface area contributed by atoms with Crippen LogP contribution in [0.1, 0.15) is 26.3 Å². The van der Waals surface area contributed by atoms with Gasteiger partial charge in [0, 0.05) is 6.54 Å². The van der Waals surface area contributed by atoms with Crippen LogP contribution in [0.4, 0.5) is 0 Å². The molecule has 0 aromatic heterocycles. The zero-order valence-corrected chi connectivity index (χ0v) is 10.9. The molecule has 96 valence electrons. The van der Waals surface area contributed by atoms with E-state index in [9.17, 15) is 9.59 Å². The average molecular weight is 254 g/mol. The Labute approximate surface area is 111 Å². The summed E-state index contributed by atoms with van der Waals surface area (Å²) in [6.45, 7) is 0.629. The van der Waals surface area contributed by atoms with Gasteiger partial charge in [-0.2, -0.15) is 0 Å². The van der Waals surface area contributed by atoms with Gasteiger partial charge in [0.05, 0.1) is 11.1 Å². The summed E-state index contributed by atoms with van der Waals surface area (Å²) in [6, 6.07) is 9.63. The molecule has 2 aromatic carbocycles. The van der Waals surface area contributed by atoms with E-state index in [4.69, 9.17) is 0 Å². The second kappa shape index (κ2) is 4.17. The van der Waals surface area contributed by atoms with Crippen molar-refractivity contribution < 1.29 is 9.59 Å². The first-order valence-electron chi connectivity index (χ1n) is 6.13. The van der Waals surface area contributed by atoms with Crippen LogP contribution < -0.4 is 5.32 Å². The van der Waals surface area contributed by atoms with E-state index in [-0.39, 0.29) is 11.8 Å². The first-order chi connectivity index (χ1) is 9.08. The molecule has 0 spiro atoms. The molecule has 1 aliphatic rings. The lowest BCUT2D eigenvalue weighted by Gasteiger charge is -2.15. The van der Waals surface area contributed by atoms with Crippen LogP contribution >= 0.6 is 0 Å². The van der Waals surface area contributed by atoms with Crippen molar-refractivity contribution in [2.45, 2.75) is 6.54 Å². The standard InChI is InChI=1S/C15H14N2O2/c1-17(2)8-12-10-6-4-3-5-9(10)7-11-13(12)15(19)16-14(11)18/h3-7H,8H2,1-2H3,(H,16,18,19). The number of rotatable bonds is 2. The van der Waals surface area contributed by atoms with Crippen LogP contribution in [-0.2, 0) is 6.54 Å². The van der Waals surface area contributed by atoms with Gasteiger partial charge in [-0.15, -0.1) is 0 Å². The third-order valence-electron chi connectivity index (χ3n) is 3.33. The van der Waals surface area contributed by atoms with Gasteiger partial charge in [-0.3, -0.25) is 14.9 Å². The van der Waals surface area contributed by atoms with Gasteiger partial charge in [0.2, 0.25) is 0 Å². The van der Waals surface area contributed by atoms with E-state index < -0.39 is 0 Å². The van der Waals surface area contributed by atoms with Gasteiger partial charge in [0.1, 0.15) is 0 Å². The molecule has 0 saturated heterocycles. The Morgan fingerprint density at radius 3 is 2.58 bits per heavy atom. The SMILES string of the molecule is CN(C)Cc1c2c(cc3ccccc13)C(=O)NC2=O. The molecular formula is C15H14N2O2. The van der Waals surface area contributed by atoms with Crippen LogP contribution in [0.2, 0.25) is 0 Å². The number of carbonyl (C=O) groups is 2. The lowest BCUT2D eigenvalue weighted by atomic mass is 9.95. The van der Waals surface area contributed by atoms with Crippen LogP contribution in [0.3, 0.4) is 0 Å². The normalized spacial score (nSPS) is 14.1. The maximum Gasteiger partial charge on any atom is 0.259 e. The van der Waals surface area contributed by atoms with E-state index in [0.717, 1.165) is 16.3 Å². The van der Waals surface area contributed by atoms with Gasteiger partial charge >= 0.3 is 0 Å².